The van der Waals surface area contributed by atoms with E-state index in [0.29, 0.717) is 11.3 Å². The second kappa shape index (κ2) is 7.70. The predicted octanol–water partition coefficient (Wildman–Crippen LogP) is 4.59. The molecule has 0 radical (unpaired) electrons. The van der Waals surface area contributed by atoms with Gasteiger partial charge >= 0.3 is 5.97 Å². The zero-order valence-electron chi connectivity index (χ0n) is 14.9. The Bertz CT molecular complexity index is 1030. The summed E-state index contributed by atoms with van der Waals surface area (Å²) < 4.78 is 7.67. The van der Waals surface area contributed by atoms with Gasteiger partial charge in [0.2, 0.25) is 0 Å². The SMILES string of the molecule is CC(C)OC(=O)c1cc(N(C)C(=O)c2ccn3ncc(Br)c3c2)ccc1Cl. The number of carbonyl (C=O) groups excluding carboxylic acids is 2. The van der Waals surface area contributed by atoms with Crippen LogP contribution in [-0.4, -0.2) is 34.6 Å². The molecule has 0 fully saturated rings. The number of esters is 1. The minimum atomic E-state index is -0.526. The van der Waals surface area contributed by atoms with Gasteiger partial charge < -0.3 is 9.64 Å². The lowest BCUT2D eigenvalue weighted by atomic mass is 10.1. The number of hydrogen-bond donors (Lipinski definition) is 0. The second-order valence-corrected chi connectivity index (χ2v) is 7.48. The van der Waals surface area contributed by atoms with Gasteiger partial charge in [0.15, 0.2) is 0 Å². The van der Waals surface area contributed by atoms with Crippen molar-refractivity contribution in [2.45, 2.75) is 20.0 Å². The average molecular weight is 451 g/mol. The van der Waals surface area contributed by atoms with Crippen molar-refractivity contribution in [1.82, 2.24) is 9.61 Å². The molecular formula is C19H17BrClN3O3. The maximum absolute atomic E-state index is 12.9. The number of hydrogen-bond acceptors (Lipinski definition) is 4. The summed E-state index contributed by atoms with van der Waals surface area (Å²) in [6, 6.07) is 8.25. The summed E-state index contributed by atoms with van der Waals surface area (Å²) in [4.78, 5) is 26.6. The molecule has 27 heavy (non-hydrogen) atoms. The highest BCUT2D eigenvalue weighted by atomic mass is 79.9. The van der Waals surface area contributed by atoms with Crippen molar-refractivity contribution in [2.75, 3.05) is 11.9 Å². The fourth-order valence-corrected chi connectivity index (χ4v) is 3.13. The lowest BCUT2D eigenvalue weighted by Gasteiger charge is -2.19. The molecular weight excluding hydrogens is 434 g/mol. The van der Waals surface area contributed by atoms with Gasteiger partial charge in [-0.2, -0.15) is 5.10 Å². The number of anilines is 1. The van der Waals surface area contributed by atoms with Gasteiger partial charge in [-0.3, -0.25) is 4.79 Å². The van der Waals surface area contributed by atoms with Gasteiger partial charge in [-0.25, -0.2) is 9.31 Å². The average Bonchev–Trinajstić information content (AvgIpc) is 3.00. The van der Waals surface area contributed by atoms with Gasteiger partial charge in [0.05, 0.1) is 32.9 Å². The number of ether oxygens (including phenoxy) is 1. The molecule has 0 aliphatic rings. The second-order valence-electron chi connectivity index (χ2n) is 6.22. The van der Waals surface area contributed by atoms with Crippen LogP contribution < -0.4 is 4.90 Å². The number of benzene rings is 1. The number of halogens is 2. The molecule has 1 aromatic carbocycles. The van der Waals surface area contributed by atoms with E-state index >= 15 is 0 Å². The summed E-state index contributed by atoms with van der Waals surface area (Å²) in [5, 5.41) is 4.44. The quantitative estimate of drug-likeness (QED) is 0.545. The van der Waals surface area contributed by atoms with E-state index in [9.17, 15) is 9.59 Å². The summed E-state index contributed by atoms with van der Waals surface area (Å²) in [6.07, 6.45) is 3.12. The number of pyridine rings is 1. The zero-order chi connectivity index (χ0) is 19.7. The number of amides is 1. The number of aromatic nitrogens is 2. The van der Waals surface area contributed by atoms with Crippen molar-refractivity contribution >= 4 is 50.6 Å². The fourth-order valence-electron chi connectivity index (χ4n) is 2.55. The summed E-state index contributed by atoms with van der Waals surface area (Å²) in [5.74, 6) is -0.751. The van der Waals surface area contributed by atoms with Crippen molar-refractivity contribution in [2.24, 2.45) is 0 Å². The van der Waals surface area contributed by atoms with Crippen LogP contribution in [-0.2, 0) is 4.74 Å². The topological polar surface area (TPSA) is 63.9 Å². The summed E-state index contributed by atoms with van der Waals surface area (Å²) in [6.45, 7) is 3.52. The van der Waals surface area contributed by atoms with Crippen LogP contribution in [0.5, 0.6) is 0 Å². The van der Waals surface area contributed by atoms with E-state index in [0.717, 1.165) is 9.99 Å². The molecule has 0 saturated carbocycles. The van der Waals surface area contributed by atoms with E-state index in [4.69, 9.17) is 16.3 Å². The number of nitrogens with zero attached hydrogens (tertiary/aromatic N) is 3. The Balaban J connectivity index is 1.92. The van der Waals surface area contributed by atoms with Crippen LogP contribution in [0.1, 0.15) is 34.6 Å². The maximum Gasteiger partial charge on any atom is 0.339 e. The third kappa shape index (κ3) is 3.99. The highest BCUT2D eigenvalue weighted by Gasteiger charge is 2.19. The molecule has 0 unspecified atom stereocenters. The van der Waals surface area contributed by atoms with E-state index in [1.54, 1.807) is 68.1 Å². The van der Waals surface area contributed by atoms with E-state index in [2.05, 4.69) is 21.0 Å². The number of rotatable bonds is 4. The molecule has 0 atom stereocenters. The molecule has 3 aromatic rings. The van der Waals surface area contributed by atoms with Crippen molar-refractivity contribution in [3.63, 3.8) is 0 Å². The highest BCUT2D eigenvalue weighted by Crippen LogP contribution is 2.26. The Morgan fingerprint density at radius 3 is 2.70 bits per heavy atom. The highest BCUT2D eigenvalue weighted by molar-refractivity contribution is 9.10. The minimum Gasteiger partial charge on any atom is -0.459 e. The molecule has 0 bridgehead atoms. The van der Waals surface area contributed by atoms with Crippen LogP contribution in [0.2, 0.25) is 5.02 Å². The fraction of sp³-hybridized carbons (Fsp3) is 0.211. The van der Waals surface area contributed by atoms with Gasteiger partial charge in [0.25, 0.3) is 5.91 Å². The Morgan fingerprint density at radius 1 is 1.26 bits per heavy atom. The first-order chi connectivity index (χ1) is 12.8. The largest absolute Gasteiger partial charge is 0.459 e. The smallest absolute Gasteiger partial charge is 0.339 e. The number of carbonyl (C=O) groups is 2. The van der Waals surface area contributed by atoms with E-state index < -0.39 is 5.97 Å². The first-order valence-electron chi connectivity index (χ1n) is 8.19. The van der Waals surface area contributed by atoms with Crippen molar-refractivity contribution < 1.29 is 14.3 Å². The molecule has 8 heteroatoms. The first kappa shape index (κ1) is 19.4. The Hall–Kier alpha value is -2.38. The maximum atomic E-state index is 12.9. The van der Waals surface area contributed by atoms with Crippen LogP contribution in [0.15, 0.2) is 47.2 Å². The van der Waals surface area contributed by atoms with Crippen LogP contribution >= 0.6 is 27.5 Å². The van der Waals surface area contributed by atoms with Gasteiger partial charge in [-0.1, -0.05) is 11.6 Å². The molecule has 6 nitrogen and oxygen atoms in total. The number of fused-ring (bicyclic) bond motifs is 1. The third-order valence-electron chi connectivity index (χ3n) is 3.93. The van der Waals surface area contributed by atoms with Crippen LogP contribution in [0, 0.1) is 0 Å². The van der Waals surface area contributed by atoms with Crippen molar-refractivity contribution in [1.29, 1.82) is 0 Å². The van der Waals surface area contributed by atoms with Gasteiger partial charge in [-0.05, 0) is 60.1 Å². The van der Waals surface area contributed by atoms with Crippen LogP contribution in [0.4, 0.5) is 5.69 Å². The summed E-state index contributed by atoms with van der Waals surface area (Å²) in [5.41, 5.74) is 2.03. The summed E-state index contributed by atoms with van der Waals surface area (Å²) >= 11 is 9.54. The molecule has 0 aliphatic heterocycles. The van der Waals surface area contributed by atoms with E-state index in [1.807, 2.05) is 0 Å². The molecule has 0 spiro atoms. The van der Waals surface area contributed by atoms with E-state index in [1.165, 1.54) is 4.90 Å². The Morgan fingerprint density at radius 2 is 2.00 bits per heavy atom. The monoisotopic (exact) mass is 449 g/mol. The predicted molar refractivity (Wildman–Crippen MR) is 108 cm³/mol. The lowest BCUT2D eigenvalue weighted by molar-refractivity contribution is 0.0378. The van der Waals surface area contributed by atoms with Gasteiger partial charge in [-0.15, -0.1) is 0 Å². The minimum absolute atomic E-state index is 0.219. The van der Waals surface area contributed by atoms with Crippen LogP contribution in [0.3, 0.4) is 0 Å². The molecule has 2 heterocycles. The normalized spacial score (nSPS) is 11.0. The first-order valence-corrected chi connectivity index (χ1v) is 9.36. The van der Waals surface area contributed by atoms with Crippen LogP contribution in [0.25, 0.3) is 5.52 Å². The van der Waals surface area contributed by atoms with Gasteiger partial charge in [0.1, 0.15) is 0 Å². The van der Waals surface area contributed by atoms with Crippen molar-refractivity contribution in [3.05, 3.63) is 63.3 Å². The lowest BCUT2D eigenvalue weighted by Crippen LogP contribution is -2.26. The van der Waals surface area contributed by atoms with E-state index in [-0.39, 0.29) is 22.6 Å². The molecule has 0 saturated heterocycles. The molecule has 1 amide bonds. The summed E-state index contributed by atoms with van der Waals surface area (Å²) in [7, 11) is 1.64. The zero-order valence-corrected chi connectivity index (χ0v) is 17.3. The molecule has 0 N–H and O–H groups in total. The Kier molecular flexibility index (Phi) is 5.53. The molecule has 2 aromatic heterocycles. The standard InChI is InChI=1S/C19H17BrClN3O3/c1-11(2)27-19(26)14-9-13(4-5-16(14)21)23(3)18(25)12-6-7-24-17(8-12)15(20)10-22-24/h4-11H,1-3H3. The third-order valence-corrected chi connectivity index (χ3v) is 4.87. The van der Waals surface area contributed by atoms with Crippen molar-refractivity contribution in [3.8, 4) is 0 Å². The molecule has 140 valence electrons. The Labute approximate surface area is 169 Å². The molecule has 0 aliphatic carbocycles. The van der Waals surface area contributed by atoms with Gasteiger partial charge in [0, 0.05) is 24.5 Å². The molecule has 3 rings (SSSR count).